The number of hydrogen-bond donors (Lipinski definition) is 1. The standard InChI is InChI=1S/C12H19N3/c1-4-6-7-11(13-8-5-2)12-9-15(3)10-14-12/h1,9-11,13H,5-8H2,2-3H3. The summed E-state index contributed by atoms with van der Waals surface area (Å²) in [5.41, 5.74) is 1.08. The minimum atomic E-state index is 0.294. The summed E-state index contributed by atoms with van der Waals surface area (Å²) in [5.74, 6) is 2.68. The summed E-state index contributed by atoms with van der Waals surface area (Å²) >= 11 is 0. The number of aromatic nitrogens is 2. The van der Waals surface area contributed by atoms with E-state index in [1.54, 1.807) is 0 Å². The molecule has 0 aromatic carbocycles. The van der Waals surface area contributed by atoms with E-state index in [0.717, 1.165) is 31.5 Å². The zero-order valence-electron chi connectivity index (χ0n) is 9.53. The third kappa shape index (κ3) is 3.77. The van der Waals surface area contributed by atoms with E-state index >= 15 is 0 Å². The molecule has 0 spiro atoms. The Balaban J connectivity index is 2.59. The van der Waals surface area contributed by atoms with Crippen LogP contribution >= 0.6 is 0 Å². The summed E-state index contributed by atoms with van der Waals surface area (Å²) in [6, 6.07) is 0.294. The van der Waals surface area contributed by atoms with Gasteiger partial charge in [0, 0.05) is 19.7 Å². The predicted octanol–water partition coefficient (Wildman–Crippen LogP) is 1.87. The van der Waals surface area contributed by atoms with Gasteiger partial charge in [-0.05, 0) is 19.4 Å². The highest BCUT2D eigenvalue weighted by Crippen LogP contribution is 2.15. The van der Waals surface area contributed by atoms with Crippen molar-refractivity contribution in [3.8, 4) is 12.3 Å². The molecule has 82 valence electrons. The number of imidazole rings is 1. The summed E-state index contributed by atoms with van der Waals surface area (Å²) in [7, 11) is 1.98. The van der Waals surface area contributed by atoms with E-state index in [-0.39, 0.29) is 0 Å². The van der Waals surface area contributed by atoms with Crippen LogP contribution in [0, 0.1) is 12.3 Å². The quantitative estimate of drug-likeness (QED) is 0.719. The fourth-order valence-electron chi connectivity index (χ4n) is 1.51. The van der Waals surface area contributed by atoms with Crippen LogP contribution in [0.1, 0.15) is 37.9 Å². The molecular formula is C12H19N3. The molecule has 1 rings (SSSR count). The third-order valence-corrected chi connectivity index (χ3v) is 2.30. The van der Waals surface area contributed by atoms with Gasteiger partial charge in [-0.25, -0.2) is 4.98 Å². The molecule has 0 aliphatic heterocycles. The number of nitrogens with zero attached hydrogens (tertiary/aromatic N) is 2. The SMILES string of the molecule is C#CCCC(NCCC)c1cn(C)cn1. The van der Waals surface area contributed by atoms with Gasteiger partial charge >= 0.3 is 0 Å². The third-order valence-electron chi connectivity index (χ3n) is 2.30. The first-order valence-electron chi connectivity index (χ1n) is 5.42. The topological polar surface area (TPSA) is 29.9 Å². The van der Waals surface area contributed by atoms with E-state index in [9.17, 15) is 0 Å². The van der Waals surface area contributed by atoms with Crippen LogP contribution < -0.4 is 5.32 Å². The van der Waals surface area contributed by atoms with Gasteiger partial charge in [0.2, 0.25) is 0 Å². The van der Waals surface area contributed by atoms with Crippen molar-refractivity contribution in [1.82, 2.24) is 14.9 Å². The minimum absolute atomic E-state index is 0.294. The van der Waals surface area contributed by atoms with Crippen LogP contribution in [0.3, 0.4) is 0 Å². The average Bonchev–Trinajstić information content (AvgIpc) is 2.65. The van der Waals surface area contributed by atoms with Crippen molar-refractivity contribution >= 4 is 0 Å². The van der Waals surface area contributed by atoms with Crippen molar-refractivity contribution in [3.05, 3.63) is 18.2 Å². The van der Waals surface area contributed by atoms with Crippen LogP contribution in [0.5, 0.6) is 0 Å². The molecule has 1 atom stereocenters. The number of rotatable bonds is 6. The van der Waals surface area contributed by atoms with E-state index in [0.29, 0.717) is 6.04 Å². The molecule has 0 radical (unpaired) electrons. The van der Waals surface area contributed by atoms with E-state index in [4.69, 9.17) is 6.42 Å². The van der Waals surface area contributed by atoms with E-state index in [2.05, 4.69) is 23.1 Å². The maximum absolute atomic E-state index is 5.29. The van der Waals surface area contributed by atoms with Gasteiger partial charge in [0.25, 0.3) is 0 Å². The summed E-state index contributed by atoms with van der Waals surface area (Å²) in [6.45, 7) is 3.16. The zero-order valence-corrected chi connectivity index (χ0v) is 9.53. The molecule has 3 heteroatoms. The van der Waals surface area contributed by atoms with E-state index in [1.165, 1.54) is 0 Å². The minimum Gasteiger partial charge on any atom is -0.340 e. The van der Waals surface area contributed by atoms with Crippen LogP contribution in [0.15, 0.2) is 12.5 Å². The molecule has 0 fully saturated rings. The highest BCUT2D eigenvalue weighted by atomic mass is 15.0. The van der Waals surface area contributed by atoms with Crippen molar-refractivity contribution in [1.29, 1.82) is 0 Å². The van der Waals surface area contributed by atoms with Gasteiger partial charge in [-0.1, -0.05) is 6.92 Å². The van der Waals surface area contributed by atoms with Gasteiger partial charge in [-0.3, -0.25) is 0 Å². The first kappa shape index (κ1) is 11.8. The molecule has 0 amide bonds. The molecule has 0 saturated carbocycles. The second-order valence-corrected chi connectivity index (χ2v) is 3.71. The highest BCUT2D eigenvalue weighted by Gasteiger charge is 2.11. The van der Waals surface area contributed by atoms with Crippen LogP contribution in [0.2, 0.25) is 0 Å². The Morgan fingerprint density at radius 3 is 3.00 bits per heavy atom. The van der Waals surface area contributed by atoms with Crippen molar-refractivity contribution in [2.24, 2.45) is 7.05 Å². The lowest BCUT2D eigenvalue weighted by atomic mass is 10.1. The summed E-state index contributed by atoms with van der Waals surface area (Å²) in [4.78, 5) is 4.35. The Kier molecular flexibility index (Phi) is 4.92. The Bertz CT molecular complexity index is 322. The van der Waals surface area contributed by atoms with E-state index < -0.39 is 0 Å². The van der Waals surface area contributed by atoms with Crippen LogP contribution in [0.4, 0.5) is 0 Å². The molecule has 1 unspecified atom stereocenters. The van der Waals surface area contributed by atoms with Crippen molar-refractivity contribution in [2.45, 2.75) is 32.2 Å². The molecule has 0 bridgehead atoms. The largest absolute Gasteiger partial charge is 0.340 e. The average molecular weight is 205 g/mol. The van der Waals surface area contributed by atoms with Gasteiger partial charge in [-0.2, -0.15) is 0 Å². The Labute approximate surface area is 91.9 Å². The zero-order chi connectivity index (χ0) is 11.1. The first-order valence-corrected chi connectivity index (χ1v) is 5.42. The van der Waals surface area contributed by atoms with Gasteiger partial charge in [0.15, 0.2) is 0 Å². The van der Waals surface area contributed by atoms with Crippen LogP contribution in [-0.4, -0.2) is 16.1 Å². The monoisotopic (exact) mass is 205 g/mol. The van der Waals surface area contributed by atoms with Crippen molar-refractivity contribution in [3.63, 3.8) is 0 Å². The fraction of sp³-hybridized carbons (Fsp3) is 0.583. The molecule has 1 N–H and O–H groups in total. The van der Waals surface area contributed by atoms with Gasteiger partial charge in [0.05, 0.1) is 18.1 Å². The molecular weight excluding hydrogens is 186 g/mol. The Morgan fingerprint density at radius 1 is 1.67 bits per heavy atom. The maximum Gasteiger partial charge on any atom is 0.0947 e. The smallest absolute Gasteiger partial charge is 0.0947 e. The van der Waals surface area contributed by atoms with Gasteiger partial charge < -0.3 is 9.88 Å². The Hall–Kier alpha value is -1.27. The molecule has 1 aromatic heterocycles. The second-order valence-electron chi connectivity index (χ2n) is 3.71. The number of hydrogen-bond acceptors (Lipinski definition) is 2. The number of terminal acetylenes is 1. The van der Waals surface area contributed by atoms with Crippen LogP contribution in [-0.2, 0) is 7.05 Å². The van der Waals surface area contributed by atoms with Gasteiger partial charge in [-0.15, -0.1) is 12.3 Å². The highest BCUT2D eigenvalue weighted by molar-refractivity contribution is 5.04. The van der Waals surface area contributed by atoms with Crippen LogP contribution in [0.25, 0.3) is 0 Å². The molecule has 0 saturated heterocycles. The van der Waals surface area contributed by atoms with Crippen molar-refractivity contribution < 1.29 is 0 Å². The maximum atomic E-state index is 5.29. The predicted molar refractivity (Wildman–Crippen MR) is 62.3 cm³/mol. The normalized spacial score (nSPS) is 12.3. The molecule has 1 heterocycles. The summed E-state index contributed by atoms with van der Waals surface area (Å²) < 4.78 is 1.96. The first-order chi connectivity index (χ1) is 7.27. The lowest BCUT2D eigenvalue weighted by Crippen LogP contribution is -2.22. The number of nitrogens with one attached hydrogen (secondary N) is 1. The molecule has 15 heavy (non-hydrogen) atoms. The fourth-order valence-corrected chi connectivity index (χ4v) is 1.51. The van der Waals surface area contributed by atoms with Crippen molar-refractivity contribution in [2.75, 3.05) is 6.54 Å². The number of aryl methyl sites for hydroxylation is 1. The summed E-state index contributed by atoms with van der Waals surface area (Å²) in [5, 5.41) is 3.46. The summed E-state index contributed by atoms with van der Waals surface area (Å²) in [6.07, 6.45) is 12.0. The second kappa shape index (κ2) is 6.26. The lowest BCUT2D eigenvalue weighted by molar-refractivity contribution is 0.496. The Morgan fingerprint density at radius 2 is 2.47 bits per heavy atom. The molecule has 0 aliphatic rings. The molecule has 3 nitrogen and oxygen atoms in total. The lowest BCUT2D eigenvalue weighted by Gasteiger charge is -2.14. The molecule has 1 aromatic rings. The van der Waals surface area contributed by atoms with E-state index in [1.807, 2.05) is 24.1 Å². The molecule has 0 aliphatic carbocycles. The van der Waals surface area contributed by atoms with Gasteiger partial charge in [0.1, 0.15) is 0 Å².